The first kappa shape index (κ1) is 25.5. The number of hydrogen-bond acceptors (Lipinski definition) is 4. The molecule has 0 aromatic heterocycles. The number of hydrogen-bond donors (Lipinski definition) is 4. The Morgan fingerprint density at radius 1 is 0.914 bits per heavy atom. The van der Waals surface area contributed by atoms with Crippen molar-refractivity contribution in [2.75, 3.05) is 16.0 Å². The molecule has 35 heavy (non-hydrogen) atoms. The fourth-order valence-corrected chi connectivity index (χ4v) is 3.22. The van der Waals surface area contributed by atoms with Gasteiger partial charge in [0.15, 0.2) is 0 Å². The summed E-state index contributed by atoms with van der Waals surface area (Å²) in [5.74, 6) is -0.292. The first-order valence-corrected chi connectivity index (χ1v) is 10.7. The summed E-state index contributed by atoms with van der Waals surface area (Å²) in [6, 6.07) is 17.4. The zero-order valence-electron chi connectivity index (χ0n) is 19.2. The molecular weight excluding hydrogens is 455 g/mol. The number of nitrogens with two attached hydrogens (primary N) is 1. The van der Waals surface area contributed by atoms with Crippen LogP contribution in [0.5, 0.6) is 0 Å². The molecule has 1 unspecified atom stereocenters. The summed E-state index contributed by atoms with van der Waals surface area (Å²) in [5.41, 5.74) is 10.2. The minimum atomic E-state index is -4.38. The molecular formula is C26H26F3N5O. The van der Waals surface area contributed by atoms with E-state index in [0.717, 1.165) is 28.9 Å². The molecule has 0 radical (unpaired) electrons. The van der Waals surface area contributed by atoms with Gasteiger partial charge in [0.2, 0.25) is 5.91 Å². The highest BCUT2D eigenvalue weighted by Crippen LogP contribution is 2.29. The number of carbonyl (C=O) groups excluding carboxylic acids is 1. The van der Waals surface area contributed by atoms with E-state index in [1.165, 1.54) is 24.5 Å². The van der Waals surface area contributed by atoms with Crippen LogP contribution in [-0.2, 0) is 11.0 Å². The van der Waals surface area contributed by atoms with E-state index in [4.69, 9.17) is 5.73 Å². The third-order valence-electron chi connectivity index (χ3n) is 5.14. The number of alkyl halides is 3. The highest BCUT2D eigenvalue weighted by atomic mass is 19.4. The first-order valence-electron chi connectivity index (χ1n) is 10.7. The van der Waals surface area contributed by atoms with E-state index >= 15 is 0 Å². The van der Waals surface area contributed by atoms with Gasteiger partial charge in [-0.05, 0) is 66.9 Å². The van der Waals surface area contributed by atoms with Crippen LogP contribution in [0.1, 0.15) is 28.4 Å². The van der Waals surface area contributed by atoms with Crippen molar-refractivity contribution in [3.05, 3.63) is 101 Å². The van der Waals surface area contributed by atoms with Crippen LogP contribution in [-0.4, -0.2) is 12.2 Å². The molecule has 1 amide bonds. The number of amides is 1. The lowest BCUT2D eigenvalue weighted by molar-refractivity contribution is -0.137. The molecule has 0 spiro atoms. The highest BCUT2D eigenvalue weighted by molar-refractivity contribution is 5.99. The van der Waals surface area contributed by atoms with Crippen LogP contribution < -0.4 is 21.7 Å². The molecule has 5 N–H and O–H groups in total. The van der Waals surface area contributed by atoms with Crippen LogP contribution in [0.2, 0.25) is 0 Å². The standard InChI is InChI=1S/C26H26F3N5O/c1-17-4-3-5-18(2)24(17)31-15-14-23(35)34-22-10-6-19(7-11-22)25(30)33-16-32-21-12-8-20(9-13-21)26(27,28)29/h3-16,25,31H,30H2,1-2H3,(H,32,33)(H,34,35)/b15-14+. The number of nitrogens with one attached hydrogen (secondary N) is 3. The number of rotatable bonds is 8. The average molecular weight is 482 g/mol. The number of carbonyl (C=O) groups is 1. The van der Waals surface area contributed by atoms with E-state index in [1.54, 1.807) is 30.5 Å². The van der Waals surface area contributed by atoms with Crippen LogP contribution >= 0.6 is 0 Å². The predicted molar refractivity (Wildman–Crippen MR) is 134 cm³/mol. The first-order chi connectivity index (χ1) is 16.6. The maximum absolute atomic E-state index is 12.6. The van der Waals surface area contributed by atoms with E-state index < -0.39 is 17.9 Å². The van der Waals surface area contributed by atoms with Crippen molar-refractivity contribution in [1.29, 1.82) is 0 Å². The predicted octanol–water partition coefficient (Wildman–Crippen LogP) is 5.98. The van der Waals surface area contributed by atoms with Gasteiger partial charge in [-0.1, -0.05) is 30.3 Å². The minimum absolute atomic E-state index is 0.292. The third-order valence-corrected chi connectivity index (χ3v) is 5.14. The van der Waals surface area contributed by atoms with Crippen LogP contribution in [0.4, 0.5) is 30.2 Å². The van der Waals surface area contributed by atoms with Crippen molar-refractivity contribution in [1.82, 2.24) is 0 Å². The minimum Gasteiger partial charge on any atom is -0.361 e. The Hall–Kier alpha value is -4.11. The van der Waals surface area contributed by atoms with Gasteiger partial charge in [0.25, 0.3) is 0 Å². The van der Waals surface area contributed by atoms with E-state index in [1.807, 2.05) is 32.0 Å². The van der Waals surface area contributed by atoms with E-state index in [2.05, 4.69) is 20.9 Å². The molecule has 3 rings (SSSR count). The fourth-order valence-electron chi connectivity index (χ4n) is 3.22. The second-order valence-electron chi connectivity index (χ2n) is 7.80. The van der Waals surface area contributed by atoms with Crippen molar-refractivity contribution in [3.8, 4) is 0 Å². The Morgan fingerprint density at radius 2 is 1.51 bits per heavy atom. The van der Waals surface area contributed by atoms with Gasteiger partial charge in [0.05, 0.1) is 11.9 Å². The molecule has 3 aromatic carbocycles. The molecule has 182 valence electrons. The molecule has 0 fully saturated rings. The maximum Gasteiger partial charge on any atom is 0.416 e. The van der Waals surface area contributed by atoms with Gasteiger partial charge in [-0.3, -0.25) is 9.79 Å². The van der Waals surface area contributed by atoms with Gasteiger partial charge in [-0.25, -0.2) is 0 Å². The molecule has 1 atom stereocenters. The highest BCUT2D eigenvalue weighted by Gasteiger charge is 2.29. The summed E-state index contributed by atoms with van der Waals surface area (Å²) in [4.78, 5) is 16.3. The number of anilines is 3. The second kappa shape index (κ2) is 11.3. The van der Waals surface area contributed by atoms with Crippen LogP contribution in [0.3, 0.4) is 0 Å². The average Bonchev–Trinajstić information content (AvgIpc) is 2.81. The lowest BCUT2D eigenvalue weighted by atomic mass is 10.1. The number of nitrogens with zero attached hydrogens (tertiary/aromatic N) is 1. The van der Waals surface area contributed by atoms with Gasteiger partial charge in [0.1, 0.15) is 6.17 Å². The van der Waals surface area contributed by atoms with E-state index in [0.29, 0.717) is 16.9 Å². The summed E-state index contributed by atoms with van der Waals surface area (Å²) < 4.78 is 37.8. The smallest absolute Gasteiger partial charge is 0.361 e. The third kappa shape index (κ3) is 7.44. The normalized spacial score (nSPS) is 12.6. The number of halogens is 3. The molecule has 0 saturated carbocycles. The second-order valence-corrected chi connectivity index (χ2v) is 7.80. The molecule has 6 nitrogen and oxygen atoms in total. The lowest BCUT2D eigenvalue weighted by Gasteiger charge is -2.10. The largest absolute Gasteiger partial charge is 0.416 e. The molecule has 0 heterocycles. The van der Waals surface area contributed by atoms with Crippen molar-refractivity contribution >= 4 is 29.3 Å². The number of benzene rings is 3. The molecule has 0 aliphatic heterocycles. The Balaban J connectivity index is 1.50. The zero-order chi connectivity index (χ0) is 25.4. The van der Waals surface area contributed by atoms with Crippen molar-refractivity contribution < 1.29 is 18.0 Å². The van der Waals surface area contributed by atoms with Gasteiger partial charge in [-0.15, -0.1) is 0 Å². The van der Waals surface area contributed by atoms with Crippen molar-refractivity contribution in [3.63, 3.8) is 0 Å². The number of aryl methyl sites for hydroxylation is 2. The number of para-hydroxylation sites is 1. The van der Waals surface area contributed by atoms with Crippen LogP contribution in [0.25, 0.3) is 0 Å². The Labute approximate surface area is 201 Å². The molecule has 0 aliphatic rings. The Kier molecular flexibility index (Phi) is 8.27. The zero-order valence-corrected chi connectivity index (χ0v) is 19.2. The molecule has 0 bridgehead atoms. The maximum atomic E-state index is 12.6. The summed E-state index contributed by atoms with van der Waals surface area (Å²) in [7, 11) is 0. The van der Waals surface area contributed by atoms with Gasteiger partial charge < -0.3 is 21.7 Å². The van der Waals surface area contributed by atoms with Gasteiger partial charge in [0, 0.05) is 29.3 Å². The summed E-state index contributed by atoms with van der Waals surface area (Å²) in [5, 5.41) is 8.69. The van der Waals surface area contributed by atoms with Gasteiger partial charge >= 0.3 is 6.18 Å². The molecule has 0 aliphatic carbocycles. The van der Waals surface area contributed by atoms with Gasteiger partial charge in [-0.2, -0.15) is 13.2 Å². The molecule has 3 aromatic rings. The quantitative estimate of drug-likeness (QED) is 0.181. The summed E-state index contributed by atoms with van der Waals surface area (Å²) >= 11 is 0. The van der Waals surface area contributed by atoms with Crippen LogP contribution in [0.15, 0.2) is 84.0 Å². The molecule has 9 heteroatoms. The van der Waals surface area contributed by atoms with Crippen molar-refractivity contribution in [2.45, 2.75) is 26.2 Å². The molecule has 0 saturated heterocycles. The van der Waals surface area contributed by atoms with Crippen molar-refractivity contribution in [2.24, 2.45) is 10.7 Å². The topological polar surface area (TPSA) is 91.5 Å². The lowest BCUT2D eigenvalue weighted by Crippen LogP contribution is -2.11. The van der Waals surface area contributed by atoms with Crippen LogP contribution in [0, 0.1) is 13.8 Å². The van der Waals surface area contributed by atoms with E-state index in [-0.39, 0.29) is 5.91 Å². The monoisotopic (exact) mass is 481 g/mol. The fraction of sp³-hybridized carbons (Fsp3) is 0.154. The summed E-state index contributed by atoms with van der Waals surface area (Å²) in [6.07, 6.45) is -0.746. The van der Waals surface area contributed by atoms with E-state index in [9.17, 15) is 18.0 Å². The Bertz CT molecular complexity index is 1180. The number of aliphatic imine (C=N–C) groups is 1. The Morgan fingerprint density at radius 3 is 2.11 bits per heavy atom. The summed E-state index contributed by atoms with van der Waals surface area (Å²) in [6.45, 7) is 3.98. The SMILES string of the molecule is Cc1cccc(C)c1N/C=C/C(=O)Nc1ccc(C(N)/N=C\Nc2ccc(C(F)(F)F)cc2)cc1.